The summed E-state index contributed by atoms with van der Waals surface area (Å²) in [5.41, 5.74) is 2.66. The first-order chi connectivity index (χ1) is 13.8. The molecule has 0 radical (unpaired) electrons. The van der Waals surface area contributed by atoms with Crippen LogP contribution >= 0.6 is 0 Å². The van der Waals surface area contributed by atoms with Gasteiger partial charge in [-0.2, -0.15) is 0 Å². The monoisotopic (exact) mass is 373 g/mol. The van der Waals surface area contributed by atoms with E-state index in [1.54, 1.807) is 0 Å². The van der Waals surface area contributed by atoms with Crippen LogP contribution < -0.4 is 4.74 Å². The second-order valence-corrected chi connectivity index (χ2v) is 6.74. The molecule has 0 spiro atoms. The van der Waals surface area contributed by atoms with E-state index in [0.717, 1.165) is 35.3 Å². The van der Waals surface area contributed by atoms with E-state index < -0.39 is 0 Å². The standard InChI is InChI=1S/C23H23N3O2/c1-18(26-15-14-24-17-26)7-6-16-27-21-10-4-2-8-19(21)12-13-23-25-20-9-3-5-11-22(20)28-23/h2-5,8-15,17-18H,6-7,16H2,1H3. The number of nitrogens with zero attached hydrogens (tertiary/aromatic N) is 3. The van der Waals surface area contributed by atoms with Crippen LogP contribution in [-0.4, -0.2) is 21.1 Å². The first-order valence-corrected chi connectivity index (χ1v) is 9.52. The Labute approximate surface area is 164 Å². The highest BCUT2D eigenvalue weighted by molar-refractivity contribution is 5.76. The third-order valence-corrected chi connectivity index (χ3v) is 4.69. The second kappa shape index (κ2) is 8.57. The molecule has 28 heavy (non-hydrogen) atoms. The van der Waals surface area contributed by atoms with Crippen molar-refractivity contribution in [1.29, 1.82) is 0 Å². The average Bonchev–Trinajstić information content (AvgIpc) is 3.39. The van der Waals surface area contributed by atoms with Crippen molar-refractivity contribution in [3.05, 3.63) is 78.7 Å². The molecular formula is C23H23N3O2. The predicted molar refractivity (Wildman–Crippen MR) is 111 cm³/mol. The van der Waals surface area contributed by atoms with Gasteiger partial charge >= 0.3 is 0 Å². The van der Waals surface area contributed by atoms with Crippen LogP contribution in [-0.2, 0) is 0 Å². The van der Waals surface area contributed by atoms with Crippen molar-refractivity contribution in [2.45, 2.75) is 25.8 Å². The van der Waals surface area contributed by atoms with E-state index in [2.05, 4.69) is 21.5 Å². The summed E-state index contributed by atoms with van der Waals surface area (Å²) in [5.74, 6) is 1.45. The highest BCUT2D eigenvalue weighted by Crippen LogP contribution is 2.23. The SMILES string of the molecule is CC(CCCOc1ccccc1C=Cc1nc2ccccc2o1)n1ccnc1. The molecule has 0 aliphatic heterocycles. The van der Waals surface area contributed by atoms with Crippen molar-refractivity contribution < 1.29 is 9.15 Å². The van der Waals surface area contributed by atoms with Gasteiger partial charge in [-0.25, -0.2) is 9.97 Å². The van der Waals surface area contributed by atoms with E-state index in [1.807, 2.05) is 79.4 Å². The van der Waals surface area contributed by atoms with Crippen LogP contribution in [0.15, 0.2) is 71.7 Å². The number of para-hydroxylation sites is 3. The Balaban J connectivity index is 1.36. The Morgan fingerprint density at radius 3 is 2.82 bits per heavy atom. The zero-order valence-electron chi connectivity index (χ0n) is 15.9. The first-order valence-electron chi connectivity index (χ1n) is 9.52. The number of rotatable bonds is 8. The van der Waals surface area contributed by atoms with Crippen molar-refractivity contribution >= 4 is 23.3 Å². The van der Waals surface area contributed by atoms with E-state index in [0.29, 0.717) is 18.5 Å². The third-order valence-electron chi connectivity index (χ3n) is 4.69. The number of hydrogen-bond donors (Lipinski definition) is 0. The van der Waals surface area contributed by atoms with Gasteiger partial charge in [-0.3, -0.25) is 0 Å². The van der Waals surface area contributed by atoms with Crippen molar-refractivity contribution in [3.63, 3.8) is 0 Å². The maximum absolute atomic E-state index is 6.03. The van der Waals surface area contributed by atoms with Crippen molar-refractivity contribution in [3.8, 4) is 5.75 Å². The van der Waals surface area contributed by atoms with Crippen LogP contribution in [0, 0.1) is 0 Å². The highest BCUT2D eigenvalue weighted by atomic mass is 16.5. The van der Waals surface area contributed by atoms with Gasteiger partial charge in [-0.1, -0.05) is 30.3 Å². The molecule has 2 aromatic carbocycles. The molecule has 0 fully saturated rings. The van der Waals surface area contributed by atoms with Gasteiger partial charge in [0, 0.05) is 30.1 Å². The lowest BCUT2D eigenvalue weighted by Gasteiger charge is -2.14. The lowest BCUT2D eigenvalue weighted by molar-refractivity contribution is 0.294. The van der Waals surface area contributed by atoms with Crippen molar-refractivity contribution in [2.24, 2.45) is 0 Å². The van der Waals surface area contributed by atoms with Gasteiger partial charge in [0.05, 0.1) is 12.9 Å². The van der Waals surface area contributed by atoms with Crippen molar-refractivity contribution in [1.82, 2.24) is 14.5 Å². The van der Waals surface area contributed by atoms with Gasteiger partial charge in [0.25, 0.3) is 0 Å². The van der Waals surface area contributed by atoms with Crippen molar-refractivity contribution in [2.75, 3.05) is 6.61 Å². The molecule has 5 nitrogen and oxygen atoms in total. The number of ether oxygens (including phenoxy) is 1. The van der Waals surface area contributed by atoms with Crippen LogP contribution in [0.2, 0.25) is 0 Å². The Hall–Kier alpha value is -3.34. The molecule has 0 saturated carbocycles. The molecule has 0 aliphatic rings. The zero-order valence-corrected chi connectivity index (χ0v) is 15.9. The van der Waals surface area contributed by atoms with Gasteiger partial charge in [0.1, 0.15) is 11.3 Å². The fourth-order valence-electron chi connectivity index (χ4n) is 3.11. The van der Waals surface area contributed by atoms with Gasteiger partial charge in [0.15, 0.2) is 5.58 Å². The van der Waals surface area contributed by atoms with E-state index in [4.69, 9.17) is 9.15 Å². The molecule has 0 N–H and O–H groups in total. The molecule has 0 saturated heterocycles. The molecule has 4 aromatic rings. The summed E-state index contributed by atoms with van der Waals surface area (Å²) in [7, 11) is 0. The number of benzene rings is 2. The zero-order chi connectivity index (χ0) is 19.2. The molecule has 0 amide bonds. The van der Waals surface area contributed by atoms with Crippen LogP contribution in [0.1, 0.15) is 37.3 Å². The van der Waals surface area contributed by atoms with Crippen LogP contribution in [0.4, 0.5) is 0 Å². The number of hydrogen-bond acceptors (Lipinski definition) is 4. The predicted octanol–water partition coefficient (Wildman–Crippen LogP) is 5.61. The smallest absolute Gasteiger partial charge is 0.220 e. The summed E-state index contributed by atoms with van der Waals surface area (Å²) < 4.78 is 13.9. The lowest BCUT2D eigenvalue weighted by Crippen LogP contribution is -2.06. The summed E-state index contributed by atoms with van der Waals surface area (Å²) in [6.45, 7) is 2.87. The molecule has 0 bridgehead atoms. The van der Waals surface area contributed by atoms with Gasteiger partial charge < -0.3 is 13.7 Å². The summed E-state index contributed by atoms with van der Waals surface area (Å²) in [4.78, 5) is 8.58. The molecule has 2 heterocycles. The lowest BCUT2D eigenvalue weighted by atomic mass is 10.1. The van der Waals surface area contributed by atoms with Crippen LogP contribution in [0.25, 0.3) is 23.3 Å². The normalized spacial score (nSPS) is 12.6. The van der Waals surface area contributed by atoms with Gasteiger partial charge in [-0.15, -0.1) is 0 Å². The van der Waals surface area contributed by atoms with Gasteiger partial charge in [-0.05, 0) is 44.0 Å². The number of fused-ring (bicyclic) bond motifs is 1. The van der Waals surface area contributed by atoms with Gasteiger partial charge in [0.2, 0.25) is 5.89 Å². The summed E-state index contributed by atoms with van der Waals surface area (Å²) in [6.07, 6.45) is 11.5. The fraction of sp³-hybridized carbons (Fsp3) is 0.217. The minimum atomic E-state index is 0.417. The summed E-state index contributed by atoms with van der Waals surface area (Å²) in [5, 5.41) is 0. The minimum Gasteiger partial charge on any atom is -0.493 e. The molecule has 1 atom stereocenters. The Morgan fingerprint density at radius 1 is 1.11 bits per heavy atom. The largest absolute Gasteiger partial charge is 0.493 e. The van der Waals surface area contributed by atoms with E-state index in [1.165, 1.54) is 0 Å². The molecule has 142 valence electrons. The number of aromatic nitrogens is 3. The number of imidazole rings is 1. The molecule has 2 aromatic heterocycles. The summed E-state index contributed by atoms with van der Waals surface area (Å²) in [6, 6.07) is 16.2. The van der Waals surface area contributed by atoms with Crippen LogP contribution in [0.5, 0.6) is 5.75 Å². The topological polar surface area (TPSA) is 53.1 Å². The molecule has 4 rings (SSSR count). The highest BCUT2D eigenvalue weighted by Gasteiger charge is 2.06. The molecule has 0 aliphatic carbocycles. The summed E-state index contributed by atoms with van der Waals surface area (Å²) >= 11 is 0. The third kappa shape index (κ3) is 4.31. The Kier molecular flexibility index (Phi) is 5.52. The first kappa shape index (κ1) is 18.0. The fourth-order valence-corrected chi connectivity index (χ4v) is 3.11. The molecular weight excluding hydrogens is 350 g/mol. The van der Waals surface area contributed by atoms with E-state index in [9.17, 15) is 0 Å². The van der Waals surface area contributed by atoms with Crippen LogP contribution in [0.3, 0.4) is 0 Å². The maximum Gasteiger partial charge on any atom is 0.220 e. The molecule has 5 heteroatoms. The average molecular weight is 373 g/mol. The Morgan fingerprint density at radius 2 is 1.96 bits per heavy atom. The Bertz CT molecular complexity index is 1020. The quantitative estimate of drug-likeness (QED) is 0.376. The van der Waals surface area contributed by atoms with E-state index >= 15 is 0 Å². The second-order valence-electron chi connectivity index (χ2n) is 6.74. The van der Waals surface area contributed by atoms with E-state index in [-0.39, 0.29) is 0 Å². The molecule has 1 unspecified atom stereocenters. The maximum atomic E-state index is 6.03. The minimum absolute atomic E-state index is 0.417. The number of oxazole rings is 1.